The van der Waals surface area contributed by atoms with Gasteiger partial charge in [0, 0.05) is 5.56 Å². The molecule has 0 saturated heterocycles. The Kier molecular flexibility index (Phi) is 6.03. The first-order valence-electron chi connectivity index (χ1n) is 19.7. The van der Waals surface area contributed by atoms with Crippen molar-refractivity contribution >= 4 is 11.4 Å². The molecule has 258 valence electrons. The number of phenols is 2. The number of fused-ring (bicyclic) bond motifs is 3. The quantitative estimate of drug-likeness (QED) is 0.0870. The van der Waals surface area contributed by atoms with Crippen molar-refractivity contribution < 1.29 is 10.2 Å². The molecule has 4 aromatic rings. The molecule has 0 unspecified atom stereocenters. The van der Waals surface area contributed by atoms with E-state index in [1.165, 1.54) is 116 Å². The van der Waals surface area contributed by atoms with Crippen LogP contribution >= 0.6 is 0 Å². The second-order valence-electron chi connectivity index (χ2n) is 18.5. The molecule has 13 rings (SSSR count). The molecule has 4 nitrogen and oxygen atoms in total. The fourth-order valence-electron chi connectivity index (χ4n) is 14.8. The number of anilines is 2. The minimum Gasteiger partial charge on any atom is -0.506 e. The molecule has 0 atom stereocenters. The molecule has 8 saturated carbocycles. The number of aromatic hydroxyl groups is 2. The van der Waals surface area contributed by atoms with Crippen LogP contribution in [0.5, 0.6) is 11.5 Å². The van der Waals surface area contributed by atoms with E-state index in [1.807, 2.05) is 24.3 Å². The molecule has 0 radical (unpaired) electrons. The average molecular weight is 673 g/mol. The van der Waals surface area contributed by atoms with Gasteiger partial charge in [-0.25, -0.2) is 0 Å². The summed E-state index contributed by atoms with van der Waals surface area (Å²) in [6.45, 7) is 0. The number of nitrogen functional groups attached to an aromatic ring is 2. The van der Waals surface area contributed by atoms with Gasteiger partial charge in [0.2, 0.25) is 0 Å². The van der Waals surface area contributed by atoms with Crippen molar-refractivity contribution in [1.29, 1.82) is 0 Å². The van der Waals surface area contributed by atoms with Crippen molar-refractivity contribution in [2.24, 2.45) is 35.5 Å². The van der Waals surface area contributed by atoms with Crippen LogP contribution in [0.3, 0.4) is 0 Å². The molecule has 8 bridgehead atoms. The Morgan fingerprint density at radius 2 is 1.02 bits per heavy atom. The van der Waals surface area contributed by atoms with Gasteiger partial charge >= 0.3 is 0 Å². The number of hydrogen-bond acceptors (Lipinski definition) is 4. The molecule has 9 aliphatic carbocycles. The fourth-order valence-corrected chi connectivity index (χ4v) is 14.8. The highest BCUT2D eigenvalue weighted by molar-refractivity contribution is 5.90. The highest BCUT2D eigenvalue weighted by Crippen LogP contribution is 2.69. The number of terminal acetylenes is 1. The molecule has 0 spiro atoms. The van der Waals surface area contributed by atoms with E-state index in [1.54, 1.807) is 12.1 Å². The third-order valence-corrected chi connectivity index (χ3v) is 15.6. The smallest absolute Gasteiger partial charge is 0.138 e. The molecule has 0 heterocycles. The monoisotopic (exact) mass is 672 g/mol. The van der Waals surface area contributed by atoms with Crippen LogP contribution in [-0.4, -0.2) is 10.2 Å². The molecule has 4 heteroatoms. The van der Waals surface area contributed by atoms with Crippen molar-refractivity contribution in [2.45, 2.75) is 93.3 Å². The van der Waals surface area contributed by atoms with Crippen LogP contribution in [0.2, 0.25) is 0 Å². The van der Waals surface area contributed by atoms with Crippen molar-refractivity contribution in [2.75, 3.05) is 11.5 Å². The third kappa shape index (κ3) is 3.93. The number of benzene rings is 4. The van der Waals surface area contributed by atoms with Gasteiger partial charge in [-0.3, -0.25) is 0 Å². The Bertz CT molecular complexity index is 2080. The van der Waals surface area contributed by atoms with Gasteiger partial charge in [0.1, 0.15) is 11.5 Å². The van der Waals surface area contributed by atoms with Gasteiger partial charge in [0.15, 0.2) is 0 Å². The van der Waals surface area contributed by atoms with Gasteiger partial charge in [-0.05, 0) is 198 Å². The summed E-state index contributed by atoms with van der Waals surface area (Å²) in [7, 11) is 0. The lowest BCUT2D eigenvalue weighted by atomic mass is 9.44. The Morgan fingerprint density at radius 1 is 0.549 bits per heavy atom. The maximum absolute atomic E-state index is 10.8. The highest BCUT2D eigenvalue weighted by Gasteiger charge is 2.59. The zero-order valence-corrected chi connectivity index (χ0v) is 29.4. The summed E-state index contributed by atoms with van der Waals surface area (Å²) in [5.41, 5.74) is 24.3. The van der Waals surface area contributed by atoms with E-state index >= 15 is 0 Å². The van der Waals surface area contributed by atoms with Crippen molar-refractivity contribution in [3.63, 3.8) is 0 Å². The number of nitrogens with two attached hydrogens (primary N) is 2. The summed E-state index contributed by atoms with van der Waals surface area (Å²) in [6.07, 6.45) is 22.6. The van der Waals surface area contributed by atoms with E-state index in [0.29, 0.717) is 11.4 Å². The normalized spacial score (nSPS) is 34.3. The second kappa shape index (κ2) is 10.2. The van der Waals surface area contributed by atoms with Gasteiger partial charge in [0.05, 0.1) is 16.8 Å². The summed E-state index contributed by atoms with van der Waals surface area (Å²) in [5, 5.41) is 21.6. The molecule has 0 amide bonds. The number of phenolic OH excluding ortho intramolecular Hbond substituents is 2. The SMILES string of the molecule is C#Cc1c(C23CC4CC(CC(C4)C2)C3)cc2c(c1C13CC4CC(CC(C4)C1)C3)C(c1ccc(O)c(N)c1)(c1ccc(O)c(N)c1)c1ccccc1-2. The van der Waals surface area contributed by atoms with Crippen LogP contribution in [0.25, 0.3) is 11.1 Å². The molecular formula is C47H48N2O2. The van der Waals surface area contributed by atoms with Crippen LogP contribution < -0.4 is 11.5 Å². The molecule has 0 aromatic heterocycles. The van der Waals surface area contributed by atoms with Crippen LogP contribution in [0, 0.1) is 47.9 Å². The zero-order valence-electron chi connectivity index (χ0n) is 29.4. The predicted molar refractivity (Wildman–Crippen MR) is 204 cm³/mol. The van der Waals surface area contributed by atoms with E-state index in [2.05, 4.69) is 36.3 Å². The maximum Gasteiger partial charge on any atom is 0.138 e. The zero-order chi connectivity index (χ0) is 34.4. The molecule has 9 aliphatic rings. The maximum atomic E-state index is 10.8. The number of rotatable bonds is 4. The fraction of sp³-hybridized carbons (Fsp3) is 0.447. The molecular weight excluding hydrogens is 625 g/mol. The highest BCUT2D eigenvalue weighted by atomic mass is 16.3. The van der Waals surface area contributed by atoms with E-state index in [0.717, 1.165) is 46.6 Å². The van der Waals surface area contributed by atoms with Crippen LogP contribution in [0.1, 0.15) is 116 Å². The first-order chi connectivity index (χ1) is 24.7. The summed E-state index contributed by atoms with van der Waals surface area (Å²) in [6, 6.07) is 23.0. The lowest BCUT2D eigenvalue weighted by Gasteiger charge is -2.60. The Morgan fingerprint density at radius 3 is 1.49 bits per heavy atom. The molecule has 8 fully saturated rings. The van der Waals surface area contributed by atoms with Gasteiger partial charge in [-0.1, -0.05) is 42.3 Å². The average Bonchev–Trinajstić information content (AvgIpc) is 3.39. The summed E-state index contributed by atoms with van der Waals surface area (Å²) >= 11 is 0. The largest absolute Gasteiger partial charge is 0.506 e. The summed E-state index contributed by atoms with van der Waals surface area (Å²) in [4.78, 5) is 0. The minimum atomic E-state index is -0.806. The van der Waals surface area contributed by atoms with Gasteiger partial charge in [-0.2, -0.15) is 0 Å². The van der Waals surface area contributed by atoms with Crippen LogP contribution in [-0.2, 0) is 16.2 Å². The van der Waals surface area contributed by atoms with Gasteiger partial charge < -0.3 is 21.7 Å². The van der Waals surface area contributed by atoms with E-state index < -0.39 is 5.41 Å². The number of hydrogen-bond donors (Lipinski definition) is 4. The lowest BCUT2D eigenvalue weighted by Crippen LogP contribution is -2.51. The molecule has 51 heavy (non-hydrogen) atoms. The molecule has 6 N–H and O–H groups in total. The first-order valence-corrected chi connectivity index (χ1v) is 19.7. The minimum absolute atomic E-state index is 0.00291. The Balaban J connectivity index is 1.31. The van der Waals surface area contributed by atoms with E-state index in [4.69, 9.17) is 17.9 Å². The lowest BCUT2D eigenvalue weighted by molar-refractivity contribution is -0.00888. The first kappa shape index (κ1) is 30.3. The Labute approximate surface area is 301 Å². The topological polar surface area (TPSA) is 92.5 Å². The van der Waals surface area contributed by atoms with E-state index in [-0.39, 0.29) is 22.3 Å². The standard InChI is InChI=1S/C47H48N2O2/c1-2-34-38(45-20-26-11-27(21-45)13-28(12-26)22-45)19-36-35-5-3-4-6-37(35)47(32-7-9-41(50)39(48)17-32,33-8-10-42(51)40(49)18-33)44(36)43(34)46-23-29-14-30(24-46)16-31(15-29)25-46/h1,3-10,17-19,26-31,50-51H,11-16,20-25,48-49H2. The second-order valence-corrected chi connectivity index (χ2v) is 18.5. The molecule has 4 aromatic carbocycles. The van der Waals surface area contributed by atoms with Gasteiger partial charge in [-0.15, -0.1) is 6.42 Å². The van der Waals surface area contributed by atoms with Crippen molar-refractivity contribution in [3.05, 3.63) is 106 Å². The molecule has 0 aliphatic heterocycles. The van der Waals surface area contributed by atoms with Crippen molar-refractivity contribution in [1.82, 2.24) is 0 Å². The predicted octanol–water partition coefficient (Wildman–Crippen LogP) is 9.54. The van der Waals surface area contributed by atoms with Crippen molar-refractivity contribution in [3.8, 4) is 35.0 Å². The summed E-state index contributed by atoms with van der Waals surface area (Å²) in [5.74, 6) is 8.34. The van der Waals surface area contributed by atoms with Gasteiger partial charge in [0.25, 0.3) is 0 Å². The Hall–Kier alpha value is -4.36. The van der Waals surface area contributed by atoms with Crippen LogP contribution in [0.4, 0.5) is 11.4 Å². The summed E-state index contributed by atoms with van der Waals surface area (Å²) < 4.78 is 0. The van der Waals surface area contributed by atoms with E-state index in [9.17, 15) is 10.2 Å². The van der Waals surface area contributed by atoms with Crippen LogP contribution in [0.15, 0.2) is 66.7 Å². The third-order valence-electron chi connectivity index (χ3n) is 15.6.